The first kappa shape index (κ1) is 18.8. The van der Waals surface area contributed by atoms with Gasteiger partial charge in [-0.2, -0.15) is 0 Å². The fourth-order valence-corrected chi connectivity index (χ4v) is 4.47. The predicted molar refractivity (Wildman–Crippen MR) is 97.4 cm³/mol. The minimum absolute atomic E-state index is 0.125. The molecule has 0 radical (unpaired) electrons. The molecule has 2 rings (SSSR count). The van der Waals surface area contributed by atoms with Gasteiger partial charge in [0, 0.05) is 25.6 Å². The molecule has 0 unspecified atom stereocenters. The van der Waals surface area contributed by atoms with Gasteiger partial charge in [-0.05, 0) is 69.4 Å². The Morgan fingerprint density at radius 2 is 1.57 bits per heavy atom. The van der Waals surface area contributed by atoms with E-state index < -0.39 is 0 Å². The highest BCUT2D eigenvalue weighted by Crippen LogP contribution is 2.30. The van der Waals surface area contributed by atoms with Crippen LogP contribution in [0.2, 0.25) is 0 Å². The lowest BCUT2D eigenvalue weighted by molar-refractivity contribution is -0.136. The molecule has 2 fully saturated rings. The largest absolute Gasteiger partial charge is 0.343 e. The van der Waals surface area contributed by atoms with Gasteiger partial charge in [-0.25, -0.2) is 0 Å². The van der Waals surface area contributed by atoms with E-state index in [1.165, 1.54) is 58.2 Å². The van der Waals surface area contributed by atoms with Crippen molar-refractivity contribution < 1.29 is 4.79 Å². The van der Waals surface area contributed by atoms with E-state index in [0.29, 0.717) is 11.9 Å². The number of hydrogen-bond acceptors (Lipinski definition) is 2. The molecular formula is C20H38N2O. The number of likely N-dealkylation sites (tertiary alicyclic amines) is 1. The van der Waals surface area contributed by atoms with Gasteiger partial charge >= 0.3 is 0 Å². The lowest BCUT2D eigenvalue weighted by atomic mass is 9.83. The van der Waals surface area contributed by atoms with Crippen molar-refractivity contribution in [3.05, 3.63) is 0 Å². The molecule has 3 nitrogen and oxygen atoms in total. The minimum atomic E-state index is 0.125. The molecule has 3 heteroatoms. The molecule has 0 aromatic rings. The van der Waals surface area contributed by atoms with Crippen molar-refractivity contribution >= 4 is 5.91 Å². The molecule has 0 N–H and O–H groups in total. The van der Waals surface area contributed by atoms with Crippen LogP contribution in [0.25, 0.3) is 0 Å². The third kappa shape index (κ3) is 5.20. The highest BCUT2D eigenvalue weighted by Gasteiger charge is 2.29. The first-order chi connectivity index (χ1) is 10.9. The highest BCUT2D eigenvalue weighted by atomic mass is 16.2. The summed E-state index contributed by atoms with van der Waals surface area (Å²) in [6, 6.07) is 0.479. The van der Waals surface area contributed by atoms with Crippen molar-refractivity contribution in [3.8, 4) is 0 Å². The molecule has 1 saturated carbocycles. The van der Waals surface area contributed by atoms with Crippen molar-refractivity contribution in [2.75, 3.05) is 26.7 Å². The van der Waals surface area contributed by atoms with Crippen LogP contribution in [-0.2, 0) is 4.79 Å². The summed E-state index contributed by atoms with van der Waals surface area (Å²) in [7, 11) is 2.00. The molecule has 1 aliphatic carbocycles. The Balaban J connectivity index is 1.70. The summed E-state index contributed by atoms with van der Waals surface area (Å²) in [6.07, 6.45) is 7.76. The summed E-state index contributed by atoms with van der Waals surface area (Å²) in [5.41, 5.74) is 0. The maximum absolute atomic E-state index is 12.1. The summed E-state index contributed by atoms with van der Waals surface area (Å²) in [5.74, 6) is 3.08. The Labute approximate surface area is 143 Å². The molecule has 1 amide bonds. The van der Waals surface area contributed by atoms with E-state index in [0.717, 1.165) is 17.8 Å². The van der Waals surface area contributed by atoms with Crippen LogP contribution in [-0.4, -0.2) is 48.4 Å². The number of hydrogen-bond donors (Lipinski definition) is 0. The van der Waals surface area contributed by atoms with Crippen molar-refractivity contribution in [1.82, 2.24) is 9.80 Å². The number of piperidine rings is 1. The maximum atomic E-state index is 12.1. The Bertz CT molecular complexity index is 364. The van der Waals surface area contributed by atoms with E-state index >= 15 is 0 Å². The summed E-state index contributed by atoms with van der Waals surface area (Å²) in [4.78, 5) is 16.9. The molecule has 1 aliphatic heterocycles. The average molecular weight is 323 g/mol. The van der Waals surface area contributed by atoms with Crippen LogP contribution >= 0.6 is 0 Å². The summed E-state index contributed by atoms with van der Waals surface area (Å²) < 4.78 is 0. The Morgan fingerprint density at radius 3 is 2.04 bits per heavy atom. The number of amides is 1. The smallest absolute Gasteiger partial charge is 0.225 e. The quantitative estimate of drug-likeness (QED) is 0.763. The molecule has 0 aromatic heterocycles. The number of carbonyl (C=O) groups is 1. The van der Waals surface area contributed by atoms with E-state index in [1.54, 1.807) is 0 Å². The van der Waals surface area contributed by atoms with E-state index in [-0.39, 0.29) is 5.92 Å². The van der Waals surface area contributed by atoms with Crippen LogP contribution in [0.4, 0.5) is 0 Å². The molecule has 134 valence electrons. The van der Waals surface area contributed by atoms with Gasteiger partial charge in [0.2, 0.25) is 5.91 Å². The third-order valence-corrected chi connectivity index (χ3v) is 6.30. The van der Waals surface area contributed by atoms with E-state index in [1.807, 2.05) is 25.8 Å². The van der Waals surface area contributed by atoms with Crippen molar-refractivity contribution in [2.24, 2.45) is 23.7 Å². The van der Waals surface area contributed by atoms with Crippen molar-refractivity contribution in [2.45, 2.75) is 72.3 Å². The van der Waals surface area contributed by atoms with E-state index in [4.69, 9.17) is 0 Å². The first-order valence-electron chi connectivity index (χ1n) is 9.87. The second-order valence-corrected chi connectivity index (χ2v) is 8.66. The fraction of sp³-hybridized carbons (Fsp3) is 0.950. The zero-order valence-corrected chi connectivity index (χ0v) is 16.1. The minimum Gasteiger partial charge on any atom is -0.343 e. The van der Waals surface area contributed by atoms with Gasteiger partial charge in [-0.1, -0.05) is 27.7 Å². The SMILES string of the molecule is CC(C)C(=O)N(C)C1CCC(CN2CCC(C(C)C)CC2)CC1. The van der Waals surface area contributed by atoms with Crippen LogP contribution in [0.3, 0.4) is 0 Å². The standard InChI is InChI=1S/C20H38N2O/c1-15(2)18-10-12-22(13-11-18)14-17-6-8-19(9-7-17)21(5)20(23)16(3)4/h15-19H,6-14H2,1-5H3. The van der Waals surface area contributed by atoms with Gasteiger partial charge < -0.3 is 9.80 Å². The number of nitrogens with zero attached hydrogens (tertiary/aromatic N) is 2. The van der Waals surface area contributed by atoms with Gasteiger partial charge in [0.25, 0.3) is 0 Å². The molecule has 1 saturated heterocycles. The van der Waals surface area contributed by atoms with Crippen LogP contribution in [0.1, 0.15) is 66.2 Å². The average Bonchev–Trinajstić information content (AvgIpc) is 2.54. The number of carbonyl (C=O) groups excluding carboxylic acids is 1. The Kier molecular flexibility index (Phi) is 6.94. The van der Waals surface area contributed by atoms with Crippen LogP contribution in [0.5, 0.6) is 0 Å². The summed E-state index contributed by atoms with van der Waals surface area (Å²) >= 11 is 0. The lowest BCUT2D eigenvalue weighted by Crippen LogP contribution is -2.43. The fourth-order valence-electron chi connectivity index (χ4n) is 4.47. The maximum Gasteiger partial charge on any atom is 0.225 e. The monoisotopic (exact) mass is 322 g/mol. The van der Waals surface area contributed by atoms with E-state index in [2.05, 4.69) is 18.7 Å². The van der Waals surface area contributed by atoms with Crippen LogP contribution < -0.4 is 0 Å². The first-order valence-corrected chi connectivity index (χ1v) is 9.87. The summed E-state index contributed by atoms with van der Waals surface area (Å²) in [6.45, 7) is 12.6. The molecule has 0 aromatic carbocycles. The van der Waals surface area contributed by atoms with Crippen molar-refractivity contribution in [1.29, 1.82) is 0 Å². The van der Waals surface area contributed by atoms with Crippen molar-refractivity contribution in [3.63, 3.8) is 0 Å². The molecule has 1 heterocycles. The molecule has 0 spiro atoms. The zero-order chi connectivity index (χ0) is 17.0. The van der Waals surface area contributed by atoms with Crippen LogP contribution in [0.15, 0.2) is 0 Å². The zero-order valence-electron chi connectivity index (χ0n) is 16.1. The molecule has 0 bridgehead atoms. The molecule has 0 atom stereocenters. The molecule has 23 heavy (non-hydrogen) atoms. The molecular weight excluding hydrogens is 284 g/mol. The van der Waals surface area contributed by atoms with Gasteiger partial charge in [0.05, 0.1) is 0 Å². The lowest BCUT2D eigenvalue weighted by Gasteiger charge is -2.39. The van der Waals surface area contributed by atoms with Gasteiger partial charge in [-0.15, -0.1) is 0 Å². The van der Waals surface area contributed by atoms with Crippen LogP contribution in [0, 0.1) is 23.7 Å². The highest BCUT2D eigenvalue weighted by molar-refractivity contribution is 5.78. The topological polar surface area (TPSA) is 23.6 Å². The predicted octanol–water partition coefficient (Wildman–Crippen LogP) is 4.03. The second kappa shape index (κ2) is 8.50. The second-order valence-electron chi connectivity index (χ2n) is 8.66. The third-order valence-electron chi connectivity index (χ3n) is 6.30. The van der Waals surface area contributed by atoms with Gasteiger partial charge in [0.15, 0.2) is 0 Å². The normalized spacial score (nSPS) is 27.6. The van der Waals surface area contributed by atoms with Gasteiger partial charge in [-0.3, -0.25) is 4.79 Å². The summed E-state index contributed by atoms with van der Waals surface area (Å²) in [5, 5.41) is 0. The molecule has 2 aliphatic rings. The Hall–Kier alpha value is -0.570. The van der Waals surface area contributed by atoms with Gasteiger partial charge in [0.1, 0.15) is 0 Å². The Morgan fingerprint density at radius 1 is 1.00 bits per heavy atom. The van der Waals surface area contributed by atoms with E-state index in [9.17, 15) is 4.79 Å². The number of rotatable bonds is 5.